The van der Waals surface area contributed by atoms with Crippen LogP contribution < -0.4 is 5.56 Å². The molecule has 110 valence electrons. The zero-order valence-corrected chi connectivity index (χ0v) is 11.1. The lowest BCUT2D eigenvalue weighted by Gasteiger charge is -2.10. The van der Waals surface area contributed by atoms with Crippen molar-refractivity contribution in [2.75, 3.05) is 0 Å². The molecule has 1 heterocycles. The molecule has 0 saturated heterocycles. The van der Waals surface area contributed by atoms with E-state index in [-0.39, 0.29) is 4.90 Å². The van der Waals surface area contributed by atoms with E-state index in [0.717, 1.165) is 11.8 Å². The van der Waals surface area contributed by atoms with Gasteiger partial charge < -0.3 is 10.1 Å². The molecule has 1 aromatic heterocycles. The van der Waals surface area contributed by atoms with Crippen molar-refractivity contribution in [3.8, 4) is 0 Å². The summed E-state index contributed by atoms with van der Waals surface area (Å²) < 4.78 is 38.1. The van der Waals surface area contributed by atoms with Crippen molar-refractivity contribution in [2.24, 2.45) is 0 Å². The van der Waals surface area contributed by atoms with E-state index in [1.807, 2.05) is 0 Å². The van der Waals surface area contributed by atoms with Crippen LogP contribution in [0.15, 0.2) is 51.0 Å². The number of carbonyl (C=O) groups is 1. The Hall–Kier alpha value is -2.22. The van der Waals surface area contributed by atoms with E-state index in [2.05, 4.69) is 0 Å². The molecule has 0 aliphatic heterocycles. The molecule has 2 N–H and O–H groups in total. The molecule has 0 saturated carbocycles. The van der Waals surface area contributed by atoms with E-state index in [0.29, 0.717) is 11.0 Å². The van der Waals surface area contributed by atoms with Gasteiger partial charge in [0.15, 0.2) is 0 Å². The Bertz CT molecular complexity index is 726. The predicted octanol–water partition coefficient (Wildman–Crippen LogP) is 3.24. The molecule has 1 aromatic carbocycles. The smallest absolute Gasteiger partial charge is 0.431 e. The first-order valence-electron chi connectivity index (χ1n) is 5.60. The molecular weight excluding hydrogens is 307 g/mol. The van der Waals surface area contributed by atoms with Gasteiger partial charge in [0.1, 0.15) is 11.3 Å². The molecule has 0 spiro atoms. The highest BCUT2D eigenvalue weighted by Gasteiger charge is 2.34. The summed E-state index contributed by atoms with van der Waals surface area (Å²) in [5.41, 5.74) is -3.27. The second-order valence-electron chi connectivity index (χ2n) is 3.97. The van der Waals surface area contributed by atoms with E-state index in [1.165, 1.54) is 0 Å². The summed E-state index contributed by atoms with van der Waals surface area (Å²) in [4.78, 5) is 24.5. The maximum atomic E-state index is 12.7. The monoisotopic (exact) mass is 315 g/mol. The van der Waals surface area contributed by atoms with E-state index in [4.69, 9.17) is 5.11 Å². The van der Waals surface area contributed by atoms with Crippen LogP contribution in [0.3, 0.4) is 0 Å². The Morgan fingerprint density at radius 2 is 1.81 bits per heavy atom. The highest BCUT2D eigenvalue weighted by atomic mass is 32.2. The lowest BCUT2D eigenvalue weighted by molar-refractivity contribution is -0.141. The Labute approximate surface area is 120 Å². The van der Waals surface area contributed by atoms with Crippen LogP contribution >= 0.6 is 11.8 Å². The van der Waals surface area contributed by atoms with Crippen molar-refractivity contribution < 1.29 is 23.1 Å². The van der Waals surface area contributed by atoms with Crippen LogP contribution in [-0.2, 0) is 6.18 Å². The number of nitrogens with one attached hydrogen (secondary N) is 1. The number of alkyl halides is 3. The van der Waals surface area contributed by atoms with E-state index >= 15 is 0 Å². The summed E-state index contributed by atoms with van der Waals surface area (Å²) in [6.45, 7) is 0. The van der Waals surface area contributed by atoms with Crippen molar-refractivity contribution in [3.63, 3.8) is 0 Å². The summed E-state index contributed by atoms with van der Waals surface area (Å²) >= 11 is 0.786. The first-order valence-corrected chi connectivity index (χ1v) is 6.41. The highest BCUT2D eigenvalue weighted by molar-refractivity contribution is 7.99. The molecule has 0 amide bonds. The third kappa shape index (κ3) is 3.46. The Kier molecular flexibility index (Phi) is 4.08. The molecule has 4 nitrogen and oxygen atoms in total. The van der Waals surface area contributed by atoms with Crippen LogP contribution in [0.2, 0.25) is 0 Å². The maximum absolute atomic E-state index is 12.7. The van der Waals surface area contributed by atoms with Crippen molar-refractivity contribution >= 4 is 17.7 Å². The van der Waals surface area contributed by atoms with Crippen LogP contribution in [0.5, 0.6) is 0 Å². The van der Waals surface area contributed by atoms with Gasteiger partial charge in [0.25, 0.3) is 5.56 Å². The molecule has 8 heteroatoms. The molecule has 2 rings (SSSR count). The SMILES string of the molecule is O=C(O)c1c(Sc2ccccc2)cc(C(F)(F)F)[nH]c1=O. The number of aromatic nitrogens is 1. The summed E-state index contributed by atoms with van der Waals surface area (Å²) in [7, 11) is 0. The van der Waals surface area contributed by atoms with Crippen molar-refractivity contribution in [3.05, 3.63) is 58.0 Å². The second-order valence-corrected chi connectivity index (χ2v) is 5.08. The standard InChI is InChI=1S/C13H8F3NO3S/c14-13(15,16)9-6-8(10(12(19)20)11(18)17-9)21-7-4-2-1-3-5-7/h1-6H,(H,17,18)(H,19,20). The van der Waals surface area contributed by atoms with Crippen LogP contribution in [0.4, 0.5) is 13.2 Å². The molecule has 0 unspecified atom stereocenters. The lowest BCUT2D eigenvalue weighted by atomic mass is 10.2. The van der Waals surface area contributed by atoms with Gasteiger partial charge in [-0.05, 0) is 18.2 Å². The number of aromatic carboxylic acids is 1. The number of aromatic amines is 1. The fraction of sp³-hybridized carbons (Fsp3) is 0.0769. The number of H-pyrrole nitrogens is 1. The number of halogens is 3. The van der Waals surface area contributed by atoms with Gasteiger partial charge in [-0.15, -0.1) is 0 Å². The highest BCUT2D eigenvalue weighted by Crippen LogP contribution is 2.33. The van der Waals surface area contributed by atoms with Gasteiger partial charge in [-0.2, -0.15) is 13.2 Å². The molecule has 0 bridgehead atoms. The minimum atomic E-state index is -4.76. The summed E-state index contributed by atoms with van der Waals surface area (Å²) in [5.74, 6) is -1.58. The maximum Gasteiger partial charge on any atom is 0.431 e. The van der Waals surface area contributed by atoms with Gasteiger partial charge in [-0.1, -0.05) is 30.0 Å². The Balaban J connectivity index is 2.58. The molecule has 0 radical (unpaired) electrons. The van der Waals surface area contributed by atoms with E-state index in [1.54, 1.807) is 35.3 Å². The minimum absolute atomic E-state index is 0.259. The van der Waals surface area contributed by atoms with Crippen molar-refractivity contribution in [1.29, 1.82) is 0 Å². The van der Waals surface area contributed by atoms with Gasteiger partial charge in [-0.3, -0.25) is 4.79 Å². The average molecular weight is 315 g/mol. The van der Waals surface area contributed by atoms with Crippen molar-refractivity contribution in [2.45, 2.75) is 16.0 Å². The quantitative estimate of drug-likeness (QED) is 0.912. The molecule has 21 heavy (non-hydrogen) atoms. The van der Waals surface area contributed by atoms with Gasteiger partial charge >= 0.3 is 12.1 Å². The molecular formula is C13H8F3NO3S. The molecule has 0 fully saturated rings. The Morgan fingerprint density at radius 3 is 2.33 bits per heavy atom. The van der Waals surface area contributed by atoms with Gasteiger partial charge in [0.05, 0.1) is 0 Å². The van der Waals surface area contributed by atoms with Gasteiger partial charge in [0.2, 0.25) is 0 Å². The van der Waals surface area contributed by atoms with E-state index < -0.39 is 29.0 Å². The number of hydrogen-bond donors (Lipinski definition) is 2. The number of carboxylic acid groups (broad SMARTS) is 1. The molecule has 2 aromatic rings. The first-order chi connectivity index (χ1) is 9.79. The minimum Gasteiger partial charge on any atom is -0.477 e. The molecule has 0 aliphatic rings. The average Bonchev–Trinajstić information content (AvgIpc) is 2.37. The number of pyridine rings is 1. The lowest BCUT2D eigenvalue weighted by Crippen LogP contribution is -2.23. The Morgan fingerprint density at radius 1 is 1.19 bits per heavy atom. The summed E-state index contributed by atoms with van der Waals surface area (Å²) in [6, 6.07) is 8.85. The summed E-state index contributed by atoms with van der Waals surface area (Å²) in [6.07, 6.45) is -4.76. The largest absolute Gasteiger partial charge is 0.477 e. The number of benzene rings is 1. The predicted molar refractivity (Wildman–Crippen MR) is 69.6 cm³/mol. The fourth-order valence-corrected chi connectivity index (χ4v) is 2.59. The van der Waals surface area contributed by atoms with Crippen LogP contribution in [0.1, 0.15) is 16.1 Å². The zero-order chi connectivity index (χ0) is 15.6. The molecule has 0 atom stereocenters. The van der Waals surface area contributed by atoms with Gasteiger partial charge in [0, 0.05) is 9.79 Å². The summed E-state index contributed by atoms with van der Waals surface area (Å²) in [5, 5.41) is 9.00. The van der Waals surface area contributed by atoms with Crippen LogP contribution in [0, 0.1) is 0 Å². The third-order valence-electron chi connectivity index (χ3n) is 2.49. The van der Waals surface area contributed by atoms with Crippen molar-refractivity contribution in [1.82, 2.24) is 4.98 Å². The normalized spacial score (nSPS) is 11.4. The zero-order valence-electron chi connectivity index (χ0n) is 10.3. The topological polar surface area (TPSA) is 70.2 Å². The van der Waals surface area contributed by atoms with E-state index in [9.17, 15) is 22.8 Å². The second kappa shape index (κ2) is 5.65. The number of hydrogen-bond acceptors (Lipinski definition) is 3. The van der Waals surface area contributed by atoms with Gasteiger partial charge in [-0.25, -0.2) is 4.79 Å². The third-order valence-corrected chi connectivity index (χ3v) is 3.54. The van der Waals surface area contributed by atoms with Crippen LogP contribution in [0.25, 0.3) is 0 Å². The number of rotatable bonds is 3. The first kappa shape index (κ1) is 15.2. The number of carboxylic acids is 1. The molecule has 0 aliphatic carbocycles. The fourth-order valence-electron chi connectivity index (χ4n) is 1.59. The van der Waals surface area contributed by atoms with Crippen LogP contribution in [-0.4, -0.2) is 16.1 Å².